The Morgan fingerprint density at radius 2 is 2.20 bits per heavy atom. The Kier molecular flexibility index (Phi) is 4.98. The lowest BCUT2D eigenvalue weighted by Gasteiger charge is -2.07. The Bertz CT molecular complexity index is 333. The quantitative estimate of drug-likeness (QED) is 0.792. The van der Waals surface area contributed by atoms with E-state index in [1.54, 1.807) is 19.2 Å². The molecule has 0 saturated heterocycles. The van der Waals surface area contributed by atoms with Crippen molar-refractivity contribution in [3.63, 3.8) is 0 Å². The molecule has 0 radical (unpaired) electrons. The fraction of sp³-hybridized carbons (Fsp3) is 0.400. The van der Waals surface area contributed by atoms with Crippen molar-refractivity contribution in [2.45, 2.75) is 13.0 Å². The van der Waals surface area contributed by atoms with Gasteiger partial charge in [-0.2, -0.15) is 0 Å². The Hall–Kier alpha value is -0.680. The van der Waals surface area contributed by atoms with Crippen LogP contribution >= 0.6 is 11.6 Å². The molecule has 0 unspecified atom stereocenters. The van der Waals surface area contributed by atoms with Crippen LogP contribution in [0.15, 0.2) is 12.1 Å². The maximum atomic E-state index is 13.5. The lowest BCUT2D eigenvalue weighted by atomic mass is 10.1. The zero-order valence-electron chi connectivity index (χ0n) is 8.43. The summed E-state index contributed by atoms with van der Waals surface area (Å²) >= 11 is 5.73. The van der Waals surface area contributed by atoms with Gasteiger partial charge in [-0.3, -0.25) is 0 Å². The van der Waals surface area contributed by atoms with Crippen LogP contribution in [-0.2, 0) is 22.6 Å². The number of hydrogen-bond acceptors (Lipinski definition) is 3. The van der Waals surface area contributed by atoms with Crippen molar-refractivity contribution in [1.29, 1.82) is 0 Å². The number of hydrogen-bond donors (Lipinski definition) is 1. The molecule has 1 aromatic carbocycles. The number of rotatable bonds is 5. The molecule has 0 saturated carbocycles. The Labute approximate surface area is 92.9 Å². The fourth-order valence-corrected chi connectivity index (χ4v) is 1.57. The number of benzene rings is 1. The van der Waals surface area contributed by atoms with Crippen LogP contribution in [0.25, 0.3) is 0 Å². The van der Waals surface area contributed by atoms with Gasteiger partial charge in [-0.1, -0.05) is 17.7 Å². The summed E-state index contributed by atoms with van der Waals surface area (Å²) in [5.41, 5.74) is 1.32. The van der Waals surface area contributed by atoms with E-state index in [9.17, 15) is 4.39 Å². The molecule has 84 valence electrons. The molecule has 0 aliphatic rings. The second-order valence-corrected chi connectivity index (χ2v) is 3.51. The van der Waals surface area contributed by atoms with Crippen molar-refractivity contribution in [2.75, 3.05) is 13.7 Å². The summed E-state index contributed by atoms with van der Waals surface area (Å²) in [4.78, 5) is 4.40. The summed E-state index contributed by atoms with van der Waals surface area (Å²) in [6, 6.07) is 3.25. The molecule has 15 heavy (non-hydrogen) atoms. The van der Waals surface area contributed by atoms with E-state index in [0.717, 1.165) is 5.56 Å². The number of halogens is 2. The van der Waals surface area contributed by atoms with Crippen LogP contribution < -0.4 is 5.90 Å². The predicted octanol–water partition coefficient (Wildman–Crippen LogP) is 2.06. The van der Waals surface area contributed by atoms with Crippen LogP contribution in [-0.4, -0.2) is 13.7 Å². The molecule has 5 heteroatoms. The molecule has 0 amide bonds. The summed E-state index contributed by atoms with van der Waals surface area (Å²) in [6.45, 7) is 0.653. The molecule has 0 atom stereocenters. The second-order valence-electron chi connectivity index (χ2n) is 3.10. The van der Waals surface area contributed by atoms with Crippen molar-refractivity contribution in [1.82, 2.24) is 0 Å². The summed E-state index contributed by atoms with van der Waals surface area (Å²) in [5.74, 6) is 4.46. The molecular formula is C10H13ClFNO2. The third kappa shape index (κ3) is 3.43. The minimum absolute atomic E-state index is 0.0940. The van der Waals surface area contributed by atoms with E-state index in [0.29, 0.717) is 18.6 Å². The molecule has 0 aliphatic carbocycles. The van der Waals surface area contributed by atoms with E-state index in [4.69, 9.17) is 22.2 Å². The van der Waals surface area contributed by atoms with Gasteiger partial charge in [0.15, 0.2) is 0 Å². The zero-order chi connectivity index (χ0) is 11.3. The summed E-state index contributed by atoms with van der Waals surface area (Å²) in [6.07, 6.45) is 0.388. The van der Waals surface area contributed by atoms with Crippen LogP contribution in [0.3, 0.4) is 0 Å². The molecule has 1 rings (SSSR count). The van der Waals surface area contributed by atoms with Crippen LogP contribution in [0.5, 0.6) is 0 Å². The van der Waals surface area contributed by atoms with Crippen molar-refractivity contribution in [3.05, 3.63) is 34.1 Å². The maximum absolute atomic E-state index is 13.5. The molecule has 1 aromatic rings. The maximum Gasteiger partial charge on any atom is 0.145 e. The van der Waals surface area contributed by atoms with Gasteiger partial charge in [-0.25, -0.2) is 10.3 Å². The predicted molar refractivity (Wildman–Crippen MR) is 56.0 cm³/mol. The summed E-state index contributed by atoms with van der Waals surface area (Å²) in [7, 11) is 1.57. The number of methoxy groups -OCH3 is 1. The average Bonchev–Trinajstić information content (AvgIpc) is 2.21. The van der Waals surface area contributed by atoms with Crippen molar-refractivity contribution < 1.29 is 14.0 Å². The highest BCUT2D eigenvalue weighted by Gasteiger charge is 2.09. The van der Waals surface area contributed by atoms with E-state index in [2.05, 4.69) is 4.84 Å². The highest BCUT2D eigenvalue weighted by atomic mass is 35.5. The van der Waals surface area contributed by atoms with Gasteiger partial charge in [0, 0.05) is 13.5 Å². The van der Waals surface area contributed by atoms with Gasteiger partial charge in [0.05, 0.1) is 18.2 Å². The molecule has 3 nitrogen and oxygen atoms in total. The topological polar surface area (TPSA) is 44.5 Å². The van der Waals surface area contributed by atoms with Gasteiger partial charge in [0.1, 0.15) is 5.82 Å². The molecule has 0 spiro atoms. The van der Waals surface area contributed by atoms with Crippen LogP contribution in [0.1, 0.15) is 11.1 Å². The minimum Gasteiger partial charge on any atom is -0.380 e. The van der Waals surface area contributed by atoms with Crippen molar-refractivity contribution >= 4 is 11.6 Å². The highest BCUT2D eigenvalue weighted by molar-refractivity contribution is 6.30. The Balaban J connectivity index is 2.91. The van der Waals surface area contributed by atoms with E-state index in [1.807, 2.05) is 0 Å². The highest BCUT2D eigenvalue weighted by Crippen LogP contribution is 2.21. The van der Waals surface area contributed by atoms with Crippen molar-refractivity contribution in [2.24, 2.45) is 5.90 Å². The van der Waals surface area contributed by atoms with E-state index in [1.165, 1.54) is 0 Å². The first-order chi connectivity index (χ1) is 7.19. The lowest BCUT2D eigenvalue weighted by Crippen LogP contribution is -2.06. The first-order valence-electron chi connectivity index (χ1n) is 4.46. The Morgan fingerprint density at radius 3 is 2.80 bits per heavy atom. The minimum atomic E-state index is -0.423. The SMILES string of the molecule is COCc1cc(Cl)c(F)c(CCON)c1. The van der Waals surface area contributed by atoms with Gasteiger partial charge in [-0.05, 0) is 17.2 Å². The third-order valence-corrected chi connectivity index (χ3v) is 2.24. The third-order valence-electron chi connectivity index (χ3n) is 1.96. The number of ether oxygens (including phenoxy) is 1. The zero-order valence-corrected chi connectivity index (χ0v) is 9.18. The van der Waals surface area contributed by atoms with E-state index in [-0.39, 0.29) is 11.6 Å². The fourth-order valence-electron chi connectivity index (χ4n) is 1.31. The number of nitrogens with two attached hydrogens (primary N) is 1. The van der Waals surface area contributed by atoms with E-state index >= 15 is 0 Å². The van der Waals surface area contributed by atoms with Crippen LogP contribution in [0, 0.1) is 5.82 Å². The summed E-state index contributed by atoms with van der Waals surface area (Å²) in [5, 5.41) is 0.0940. The molecule has 0 aromatic heterocycles. The second kappa shape index (κ2) is 6.02. The smallest absolute Gasteiger partial charge is 0.145 e. The molecule has 0 fully saturated rings. The molecular weight excluding hydrogens is 221 g/mol. The molecule has 0 aliphatic heterocycles. The van der Waals surface area contributed by atoms with E-state index < -0.39 is 5.82 Å². The normalized spacial score (nSPS) is 10.7. The van der Waals surface area contributed by atoms with Gasteiger partial charge >= 0.3 is 0 Å². The Morgan fingerprint density at radius 1 is 1.47 bits per heavy atom. The van der Waals surface area contributed by atoms with Crippen molar-refractivity contribution in [3.8, 4) is 0 Å². The standard InChI is InChI=1S/C10H13ClFNO2/c1-14-6-7-4-8(2-3-15-13)10(12)9(11)5-7/h4-5H,2-3,6,13H2,1H3. The van der Waals surface area contributed by atoms with Gasteiger partial charge < -0.3 is 9.57 Å². The summed E-state index contributed by atoms with van der Waals surface area (Å²) < 4.78 is 18.4. The molecule has 2 N–H and O–H groups in total. The first kappa shape index (κ1) is 12.4. The van der Waals surface area contributed by atoms with Crippen LogP contribution in [0.2, 0.25) is 5.02 Å². The van der Waals surface area contributed by atoms with Crippen LogP contribution in [0.4, 0.5) is 4.39 Å². The molecule has 0 bridgehead atoms. The lowest BCUT2D eigenvalue weighted by molar-refractivity contribution is 0.140. The largest absolute Gasteiger partial charge is 0.380 e. The van der Waals surface area contributed by atoms with Gasteiger partial charge in [0.2, 0.25) is 0 Å². The monoisotopic (exact) mass is 233 g/mol. The molecule has 0 heterocycles. The van der Waals surface area contributed by atoms with Gasteiger partial charge in [0.25, 0.3) is 0 Å². The average molecular weight is 234 g/mol. The van der Waals surface area contributed by atoms with Gasteiger partial charge in [-0.15, -0.1) is 0 Å². The first-order valence-corrected chi connectivity index (χ1v) is 4.84.